The topological polar surface area (TPSA) is 58.1 Å². The summed E-state index contributed by atoms with van der Waals surface area (Å²) in [4.78, 5) is 22.8. The second kappa shape index (κ2) is 8.80. The van der Waals surface area contributed by atoms with Crippen LogP contribution in [0.25, 0.3) is 0 Å². The van der Waals surface area contributed by atoms with Crippen molar-refractivity contribution < 1.29 is 4.79 Å². The van der Waals surface area contributed by atoms with Gasteiger partial charge in [0.05, 0.1) is 11.3 Å². The van der Waals surface area contributed by atoms with Crippen molar-refractivity contribution in [2.75, 3.05) is 20.6 Å². The molecule has 0 unspecified atom stereocenters. The maximum absolute atomic E-state index is 12.4. The number of aromatic nitrogens is 2. The van der Waals surface area contributed by atoms with E-state index >= 15 is 0 Å². The lowest BCUT2D eigenvalue weighted by Gasteiger charge is -2.25. The number of aryl methyl sites for hydroxylation is 1. The number of hydrogen-bond donors (Lipinski definition) is 1. The first-order valence-electron chi connectivity index (χ1n) is 7.91. The molecular weight excluding hydrogens is 320 g/mol. The molecule has 0 fully saturated rings. The molecule has 2 aromatic rings. The fraction of sp³-hybridized carbons (Fsp3) is 0.389. The zero-order chi connectivity index (χ0) is 17.5. The number of carbonyl (C=O) groups excluding carboxylic acids is 1. The molecule has 0 aliphatic carbocycles. The zero-order valence-corrected chi connectivity index (χ0v) is 15.4. The third-order valence-corrected chi connectivity index (χ3v) is 4.74. The number of nitrogens with zero attached hydrogens (tertiary/aromatic N) is 3. The van der Waals surface area contributed by atoms with Crippen molar-refractivity contribution in [3.8, 4) is 0 Å². The summed E-state index contributed by atoms with van der Waals surface area (Å²) in [7, 11) is 4.04. The van der Waals surface area contributed by atoms with Crippen molar-refractivity contribution in [3.63, 3.8) is 0 Å². The Bertz CT molecular complexity index is 646. The van der Waals surface area contributed by atoms with Crippen LogP contribution < -0.4 is 5.32 Å². The average Bonchev–Trinajstić information content (AvgIpc) is 2.57. The van der Waals surface area contributed by atoms with Gasteiger partial charge in [0.1, 0.15) is 0 Å². The van der Waals surface area contributed by atoms with Gasteiger partial charge in [0.25, 0.3) is 0 Å². The third kappa shape index (κ3) is 5.32. The van der Waals surface area contributed by atoms with E-state index < -0.39 is 0 Å². The molecule has 0 aliphatic rings. The molecule has 0 bridgehead atoms. The van der Waals surface area contributed by atoms with Gasteiger partial charge in [0.15, 0.2) is 5.16 Å². The molecule has 5 nitrogen and oxygen atoms in total. The Hall–Kier alpha value is -1.92. The van der Waals surface area contributed by atoms with Gasteiger partial charge in [-0.2, -0.15) is 0 Å². The van der Waals surface area contributed by atoms with Crippen molar-refractivity contribution in [1.82, 2.24) is 20.2 Å². The van der Waals surface area contributed by atoms with E-state index in [1.165, 1.54) is 22.9 Å². The Morgan fingerprint density at radius 3 is 2.42 bits per heavy atom. The van der Waals surface area contributed by atoms with E-state index in [-0.39, 0.29) is 17.2 Å². The van der Waals surface area contributed by atoms with Crippen LogP contribution in [0.15, 0.2) is 47.9 Å². The van der Waals surface area contributed by atoms with Crippen molar-refractivity contribution in [3.05, 3.63) is 53.9 Å². The van der Waals surface area contributed by atoms with Crippen molar-refractivity contribution in [1.29, 1.82) is 0 Å². The van der Waals surface area contributed by atoms with Crippen molar-refractivity contribution >= 4 is 17.7 Å². The minimum absolute atomic E-state index is 0.00795. The fourth-order valence-electron chi connectivity index (χ4n) is 2.29. The maximum atomic E-state index is 12.4. The molecule has 1 heterocycles. The number of hydrogen-bond acceptors (Lipinski definition) is 5. The first-order chi connectivity index (χ1) is 11.5. The Kier molecular flexibility index (Phi) is 6.75. The lowest BCUT2D eigenvalue weighted by atomic mass is 10.0. The van der Waals surface area contributed by atoms with E-state index in [9.17, 15) is 4.79 Å². The summed E-state index contributed by atoms with van der Waals surface area (Å²) in [6, 6.07) is 10.3. The summed E-state index contributed by atoms with van der Waals surface area (Å²) < 4.78 is 0. The minimum Gasteiger partial charge on any atom is -0.353 e. The van der Waals surface area contributed by atoms with E-state index in [0.29, 0.717) is 11.7 Å². The fourth-order valence-corrected chi connectivity index (χ4v) is 3.04. The molecule has 6 heteroatoms. The van der Waals surface area contributed by atoms with Crippen LogP contribution >= 0.6 is 11.8 Å². The summed E-state index contributed by atoms with van der Waals surface area (Å²) >= 11 is 1.36. The summed E-state index contributed by atoms with van der Waals surface area (Å²) in [6.07, 6.45) is 3.36. The van der Waals surface area contributed by atoms with Gasteiger partial charge in [-0.1, -0.05) is 41.6 Å². The predicted molar refractivity (Wildman–Crippen MR) is 98.0 cm³/mol. The quantitative estimate of drug-likeness (QED) is 0.618. The van der Waals surface area contributed by atoms with Gasteiger partial charge in [-0.25, -0.2) is 9.97 Å². The molecule has 0 spiro atoms. The zero-order valence-electron chi connectivity index (χ0n) is 14.6. The third-order valence-electron chi connectivity index (χ3n) is 3.75. The van der Waals surface area contributed by atoms with Crippen LogP contribution in [0.4, 0.5) is 0 Å². The summed E-state index contributed by atoms with van der Waals surface area (Å²) in [5.41, 5.74) is 2.42. The molecule has 1 N–H and O–H groups in total. The van der Waals surface area contributed by atoms with Crippen molar-refractivity contribution in [2.45, 2.75) is 30.3 Å². The van der Waals surface area contributed by atoms with Gasteiger partial charge < -0.3 is 10.2 Å². The van der Waals surface area contributed by atoms with E-state index in [2.05, 4.69) is 51.4 Å². The number of nitrogens with one attached hydrogen (secondary N) is 1. The highest BCUT2D eigenvalue weighted by atomic mass is 32.2. The molecular formula is C18H24N4OS. The van der Waals surface area contributed by atoms with Gasteiger partial charge in [-0.3, -0.25) is 4.79 Å². The minimum atomic E-state index is -0.242. The molecule has 24 heavy (non-hydrogen) atoms. The SMILES string of the molecule is Cc1ccc([C@@H](CNC(=O)[C@H](C)Sc2ncccn2)N(C)C)cc1. The number of amides is 1. The summed E-state index contributed by atoms with van der Waals surface area (Å²) in [6.45, 7) is 4.50. The Morgan fingerprint density at radius 2 is 1.83 bits per heavy atom. The van der Waals surface area contributed by atoms with E-state index in [1.807, 2.05) is 21.0 Å². The van der Waals surface area contributed by atoms with E-state index in [1.54, 1.807) is 18.5 Å². The largest absolute Gasteiger partial charge is 0.353 e. The van der Waals surface area contributed by atoms with E-state index in [4.69, 9.17) is 0 Å². The van der Waals surface area contributed by atoms with Gasteiger partial charge >= 0.3 is 0 Å². The van der Waals surface area contributed by atoms with Crippen LogP contribution in [0.3, 0.4) is 0 Å². The molecule has 0 aliphatic heterocycles. The molecule has 1 amide bonds. The van der Waals surface area contributed by atoms with Gasteiger partial charge in [0.2, 0.25) is 5.91 Å². The molecule has 0 saturated carbocycles. The Labute approximate surface area is 147 Å². The van der Waals surface area contributed by atoms with Crippen LogP contribution in [0, 0.1) is 6.92 Å². The standard InChI is InChI=1S/C18H24N4OS/c1-13-6-8-15(9-7-13)16(22(3)4)12-21-17(23)14(2)24-18-19-10-5-11-20-18/h5-11,14,16H,12H2,1-4H3,(H,21,23)/t14-,16+/m0/s1. The molecule has 1 aromatic carbocycles. The summed E-state index contributed by atoms with van der Waals surface area (Å²) in [5, 5.41) is 3.41. The average molecular weight is 344 g/mol. The molecule has 0 saturated heterocycles. The monoisotopic (exact) mass is 344 g/mol. The van der Waals surface area contributed by atoms with Crippen LogP contribution in [-0.4, -0.2) is 46.7 Å². The molecule has 128 valence electrons. The first kappa shape index (κ1) is 18.4. The van der Waals surface area contributed by atoms with Crippen LogP contribution in [-0.2, 0) is 4.79 Å². The molecule has 1 aromatic heterocycles. The predicted octanol–water partition coefficient (Wildman–Crippen LogP) is 2.68. The normalized spacial score (nSPS) is 13.5. The maximum Gasteiger partial charge on any atom is 0.233 e. The second-order valence-corrected chi connectivity index (χ2v) is 7.23. The Balaban J connectivity index is 1.93. The lowest BCUT2D eigenvalue weighted by Crippen LogP contribution is -2.38. The Morgan fingerprint density at radius 1 is 1.21 bits per heavy atom. The second-order valence-electron chi connectivity index (χ2n) is 5.93. The molecule has 2 atom stereocenters. The van der Waals surface area contributed by atoms with Gasteiger partial charge in [0, 0.05) is 18.9 Å². The smallest absolute Gasteiger partial charge is 0.233 e. The van der Waals surface area contributed by atoms with Gasteiger partial charge in [-0.05, 0) is 39.6 Å². The van der Waals surface area contributed by atoms with Gasteiger partial charge in [-0.15, -0.1) is 0 Å². The first-order valence-corrected chi connectivity index (χ1v) is 8.79. The van der Waals surface area contributed by atoms with E-state index in [0.717, 1.165) is 0 Å². The summed E-state index contributed by atoms with van der Waals surface area (Å²) in [5.74, 6) is -0.00795. The highest BCUT2D eigenvalue weighted by Crippen LogP contribution is 2.20. The highest BCUT2D eigenvalue weighted by molar-refractivity contribution is 8.00. The lowest BCUT2D eigenvalue weighted by molar-refractivity contribution is -0.120. The number of benzene rings is 1. The number of thioether (sulfide) groups is 1. The number of rotatable bonds is 7. The van der Waals surface area contributed by atoms with Crippen LogP contribution in [0.2, 0.25) is 0 Å². The van der Waals surface area contributed by atoms with Crippen molar-refractivity contribution in [2.24, 2.45) is 0 Å². The highest BCUT2D eigenvalue weighted by Gasteiger charge is 2.19. The van der Waals surface area contributed by atoms with Crippen LogP contribution in [0.5, 0.6) is 0 Å². The number of carbonyl (C=O) groups is 1. The van der Waals surface area contributed by atoms with Crippen LogP contribution in [0.1, 0.15) is 24.1 Å². The molecule has 0 radical (unpaired) electrons. The number of likely N-dealkylation sites (N-methyl/N-ethyl adjacent to an activating group) is 1. The molecule has 2 rings (SSSR count).